The van der Waals surface area contributed by atoms with Crippen LogP contribution >= 0.6 is 0 Å². The van der Waals surface area contributed by atoms with Crippen molar-refractivity contribution in [3.05, 3.63) is 59.9 Å². The first kappa shape index (κ1) is 14.7. The number of benzene rings is 2. The van der Waals surface area contributed by atoms with Gasteiger partial charge in [-0.2, -0.15) is 0 Å². The molecule has 0 bridgehead atoms. The van der Waals surface area contributed by atoms with Crippen LogP contribution in [0, 0.1) is 5.82 Å². The third-order valence-corrected chi connectivity index (χ3v) is 2.79. The van der Waals surface area contributed by atoms with Crippen molar-refractivity contribution in [3.8, 4) is 5.75 Å². The van der Waals surface area contributed by atoms with Gasteiger partial charge in [0.15, 0.2) is 6.10 Å². The van der Waals surface area contributed by atoms with Gasteiger partial charge in [0.05, 0.1) is 0 Å². The van der Waals surface area contributed by atoms with Crippen LogP contribution in [-0.4, -0.2) is 18.3 Å². The molecule has 0 aliphatic rings. The molecule has 5 heteroatoms. The van der Waals surface area contributed by atoms with Crippen LogP contribution in [0.5, 0.6) is 5.75 Å². The lowest BCUT2D eigenvalue weighted by molar-refractivity contribution is -0.122. The minimum Gasteiger partial charge on any atom is -0.481 e. The van der Waals surface area contributed by atoms with Crippen molar-refractivity contribution in [1.29, 1.82) is 0 Å². The average molecular weight is 287 g/mol. The Bertz CT molecular complexity index is 640. The van der Waals surface area contributed by atoms with Gasteiger partial charge in [-0.25, -0.2) is 4.39 Å². The standard InChI is InChI=1S/C16H14FNO3/c1-11(21-15-4-2-3-12(9-15)10-19)16(20)18-14-7-5-13(17)6-8-14/h2-11H,1H3,(H,18,20)/t11-/m0/s1. The first-order chi connectivity index (χ1) is 10.1. The highest BCUT2D eigenvalue weighted by molar-refractivity contribution is 5.94. The van der Waals surface area contributed by atoms with Gasteiger partial charge in [0.1, 0.15) is 17.9 Å². The molecule has 2 rings (SSSR count). The fourth-order valence-electron chi connectivity index (χ4n) is 1.70. The van der Waals surface area contributed by atoms with Crippen molar-refractivity contribution >= 4 is 17.9 Å². The third-order valence-electron chi connectivity index (χ3n) is 2.79. The van der Waals surface area contributed by atoms with Gasteiger partial charge in [-0.1, -0.05) is 12.1 Å². The Labute approximate surface area is 121 Å². The molecule has 0 saturated carbocycles. The second-order valence-corrected chi connectivity index (χ2v) is 4.45. The van der Waals surface area contributed by atoms with Crippen LogP contribution in [0.4, 0.5) is 10.1 Å². The fraction of sp³-hybridized carbons (Fsp3) is 0.125. The second kappa shape index (κ2) is 6.65. The summed E-state index contributed by atoms with van der Waals surface area (Å²) >= 11 is 0. The van der Waals surface area contributed by atoms with E-state index in [2.05, 4.69) is 5.32 Å². The Balaban J connectivity index is 1.98. The van der Waals surface area contributed by atoms with Gasteiger partial charge < -0.3 is 10.1 Å². The fourth-order valence-corrected chi connectivity index (χ4v) is 1.70. The van der Waals surface area contributed by atoms with Gasteiger partial charge in [-0.15, -0.1) is 0 Å². The number of nitrogens with one attached hydrogen (secondary N) is 1. The van der Waals surface area contributed by atoms with Gasteiger partial charge in [0, 0.05) is 11.3 Å². The van der Waals surface area contributed by atoms with E-state index in [0.29, 0.717) is 23.3 Å². The SMILES string of the molecule is C[C@H](Oc1cccc(C=O)c1)C(=O)Nc1ccc(F)cc1. The monoisotopic (exact) mass is 287 g/mol. The van der Waals surface area contributed by atoms with Crippen LogP contribution < -0.4 is 10.1 Å². The smallest absolute Gasteiger partial charge is 0.265 e. The third kappa shape index (κ3) is 4.14. The maximum atomic E-state index is 12.8. The minimum absolute atomic E-state index is 0.363. The van der Waals surface area contributed by atoms with Crippen LogP contribution in [0.2, 0.25) is 0 Å². The van der Waals surface area contributed by atoms with E-state index < -0.39 is 6.10 Å². The summed E-state index contributed by atoms with van der Waals surface area (Å²) in [6.45, 7) is 1.59. The molecule has 0 aliphatic carbocycles. The van der Waals surface area contributed by atoms with E-state index in [1.165, 1.54) is 24.3 Å². The molecule has 0 fully saturated rings. The summed E-state index contributed by atoms with van der Waals surface area (Å²) in [6, 6.07) is 12.0. The summed E-state index contributed by atoms with van der Waals surface area (Å²) in [5.74, 6) is -0.303. The Hall–Kier alpha value is -2.69. The average Bonchev–Trinajstić information content (AvgIpc) is 2.49. The van der Waals surface area contributed by atoms with E-state index in [9.17, 15) is 14.0 Å². The molecule has 21 heavy (non-hydrogen) atoms. The predicted molar refractivity (Wildman–Crippen MR) is 76.9 cm³/mol. The summed E-state index contributed by atoms with van der Waals surface area (Å²) in [4.78, 5) is 22.6. The van der Waals surface area contributed by atoms with Crippen LogP contribution in [-0.2, 0) is 4.79 Å². The molecule has 0 heterocycles. The van der Waals surface area contributed by atoms with Gasteiger partial charge >= 0.3 is 0 Å². The van der Waals surface area contributed by atoms with E-state index in [1.807, 2.05) is 0 Å². The predicted octanol–water partition coefficient (Wildman–Crippen LogP) is 3.04. The Morgan fingerprint density at radius 2 is 1.95 bits per heavy atom. The van der Waals surface area contributed by atoms with Gasteiger partial charge in [0.25, 0.3) is 5.91 Å². The lowest BCUT2D eigenvalue weighted by Gasteiger charge is -2.15. The molecule has 2 aromatic rings. The normalized spacial score (nSPS) is 11.5. The number of anilines is 1. The number of ether oxygens (including phenoxy) is 1. The van der Waals surface area contributed by atoms with Crippen LogP contribution in [0.15, 0.2) is 48.5 Å². The zero-order chi connectivity index (χ0) is 15.2. The molecular formula is C16H14FNO3. The highest BCUT2D eigenvalue weighted by Crippen LogP contribution is 2.15. The first-order valence-corrected chi connectivity index (χ1v) is 6.37. The quantitative estimate of drug-likeness (QED) is 0.860. The van der Waals surface area contributed by atoms with Crippen LogP contribution in [0.3, 0.4) is 0 Å². The summed E-state index contributed by atoms with van der Waals surface area (Å²) in [6.07, 6.45) is -0.0483. The zero-order valence-electron chi connectivity index (χ0n) is 11.4. The molecular weight excluding hydrogens is 273 g/mol. The summed E-state index contributed by atoms with van der Waals surface area (Å²) in [5, 5.41) is 2.62. The molecule has 0 saturated heterocycles. The van der Waals surface area contributed by atoms with Crippen molar-refractivity contribution in [2.24, 2.45) is 0 Å². The van der Waals surface area contributed by atoms with Gasteiger partial charge in [-0.3, -0.25) is 9.59 Å². The molecule has 2 aromatic carbocycles. The van der Waals surface area contributed by atoms with Gasteiger partial charge in [0.2, 0.25) is 0 Å². The summed E-state index contributed by atoms with van der Waals surface area (Å²) in [5.41, 5.74) is 0.956. The number of amides is 1. The molecule has 0 spiro atoms. The van der Waals surface area contributed by atoms with E-state index in [4.69, 9.17) is 4.74 Å². The molecule has 1 amide bonds. The molecule has 1 N–H and O–H groups in total. The number of hydrogen-bond donors (Lipinski definition) is 1. The Morgan fingerprint density at radius 1 is 1.24 bits per heavy atom. The highest BCUT2D eigenvalue weighted by atomic mass is 19.1. The van der Waals surface area contributed by atoms with Crippen molar-refractivity contribution < 1.29 is 18.7 Å². The number of rotatable bonds is 5. The van der Waals surface area contributed by atoms with E-state index >= 15 is 0 Å². The van der Waals surface area contributed by atoms with Crippen LogP contribution in [0.25, 0.3) is 0 Å². The molecule has 1 atom stereocenters. The van der Waals surface area contributed by atoms with Crippen LogP contribution in [0.1, 0.15) is 17.3 Å². The lowest BCUT2D eigenvalue weighted by Crippen LogP contribution is -2.30. The van der Waals surface area contributed by atoms with E-state index in [1.54, 1.807) is 31.2 Å². The Kier molecular flexibility index (Phi) is 4.66. The summed E-state index contributed by atoms with van der Waals surface area (Å²) < 4.78 is 18.2. The van der Waals surface area contributed by atoms with Crippen molar-refractivity contribution in [1.82, 2.24) is 0 Å². The van der Waals surface area contributed by atoms with Gasteiger partial charge in [-0.05, 0) is 43.3 Å². The number of halogens is 1. The Morgan fingerprint density at radius 3 is 2.62 bits per heavy atom. The molecule has 108 valence electrons. The highest BCUT2D eigenvalue weighted by Gasteiger charge is 2.15. The summed E-state index contributed by atoms with van der Waals surface area (Å²) in [7, 11) is 0. The topological polar surface area (TPSA) is 55.4 Å². The molecule has 0 unspecified atom stereocenters. The zero-order valence-corrected chi connectivity index (χ0v) is 11.4. The van der Waals surface area contributed by atoms with E-state index in [-0.39, 0.29) is 11.7 Å². The minimum atomic E-state index is -0.753. The maximum absolute atomic E-state index is 12.8. The van der Waals surface area contributed by atoms with Crippen molar-refractivity contribution in [2.75, 3.05) is 5.32 Å². The molecule has 0 aromatic heterocycles. The number of hydrogen-bond acceptors (Lipinski definition) is 3. The lowest BCUT2D eigenvalue weighted by atomic mass is 10.2. The molecule has 0 aliphatic heterocycles. The molecule has 0 radical (unpaired) electrons. The van der Waals surface area contributed by atoms with Crippen molar-refractivity contribution in [2.45, 2.75) is 13.0 Å². The molecule has 4 nitrogen and oxygen atoms in total. The largest absolute Gasteiger partial charge is 0.481 e. The van der Waals surface area contributed by atoms with Crippen molar-refractivity contribution in [3.63, 3.8) is 0 Å². The first-order valence-electron chi connectivity index (χ1n) is 6.37. The number of carbonyl (C=O) groups excluding carboxylic acids is 2. The maximum Gasteiger partial charge on any atom is 0.265 e. The van der Waals surface area contributed by atoms with E-state index in [0.717, 1.165) is 0 Å². The number of carbonyl (C=O) groups is 2. The second-order valence-electron chi connectivity index (χ2n) is 4.45. The number of aldehydes is 1.